The minimum Gasteiger partial charge on any atom is -0.454 e. The molecule has 1 heterocycles. The first kappa shape index (κ1) is 15.2. The van der Waals surface area contributed by atoms with Gasteiger partial charge < -0.3 is 19.7 Å². The van der Waals surface area contributed by atoms with E-state index in [0.717, 1.165) is 36.4 Å². The summed E-state index contributed by atoms with van der Waals surface area (Å²) in [6.07, 6.45) is 4.72. The highest BCUT2D eigenvalue weighted by Gasteiger charge is 2.26. The van der Waals surface area contributed by atoms with Crippen molar-refractivity contribution in [3.8, 4) is 11.5 Å². The number of carbonyl (C=O) groups excluding carboxylic acids is 1. The Bertz CT molecular complexity index is 541. The summed E-state index contributed by atoms with van der Waals surface area (Å²) in [6.45, 7) is 3.07. The molecule has 2 aliphatic rings. The molecule has 0 spiro atoms. The van der Waals surface area contributed by atoms with E-state index >= 15 is 0 Å². The first-order chi connectivity index (χ1) is 10.6. The van der Waals surface area contributed by atoms with Crippen LogP contribution in [0.25, 0.3) is 0 Å². The highest BCUT2D eigenvalue weighted by molar-refractivity contribution is 5.80. The van der Waals surface area contributed by atoms with Gasteiger partial charge in [-0.1, -0.05) is 12.8 Å². The van der Waals surface area contributed by atoms with Crippen molar-refractivity contribution >= 4 is 5.91 Å². The molecule has 5 nitrogen and oxygen atoms in total. The number of hydrogen-bond donors (Lipinski definition) is 2. The fraction of sp³-hybridized carbons (Fsp3) is 0.588. The van der Waals surface area contributed by atoms with Crippen LogP contribution >= 0.6 is 0 Å². The molecule has 1 aromatic rings. The molecule has 120 valence electrons. The second-order valence-electron chi connectivity index (χ2n) is 6.42. The predicted molar refractivity (Wildman–Crippen MR) is 83.0 cm³/mol. The van der Waals surface area contributed by atoms with Gasteiger partial charge in [-0.3, -0.25) is 4.79 Å². The maximum atomic E-state index is 12.3. The van der Waals surface area contributed by atoms with Crippen molar-refractivity contribution in [1.29, 1.82) is 0 Å². The number of quaternary nitrogens is 1. The van der Waals surface area contributed by atoms with Gasteiger partial charge in [-0.25, -0.2) is 0 Å². The zero-order chi connectivity index (χ0) is 15.5. The van der Waals surface area contributed by atoms with Gasteiger partial charge in [-0.15, -0.1) is 0 Å². The van der Waals surface area contributed by atoms with Gasteiger partial charge >= 0.3 is 0 Å². The largest absolute Gasteiger partial charge is 0.454 e. The van der Waals surface area contributed by atoms with Crippen molar-refractivity contribution in [2.45, 2.75) is 51.2 Å². The third-order valence-electron chi connectivity index (χ3n) is 4.75. The van der Waals surface area contributed by atoms with Gasteiger partial charge in [0.2, 0.25) is 6.79 Å². The second kappa shape index (κ2) is 6.57. The number of fused-ring (bicyclic) bond motifs is 1. The Morgan fingerprint density at radius 3 is 2.82 bits per heavy atom. The topological polar surface area (TPSA) is 52.0 Å². The van der Waals surface area contributed by atoms with Gasteiger partial charge in [0.1, 0.15) is 6.54 Å². The Morgan fingerprint density at radius 2 is 2.05 bits per heavy atom. The highest BCUT2D eigenvalue weighted by atomic mass is 16.7. The number of likely N-dealkylation sites (N-methyl/N-ethyl adjacent to an activating group) is 1. The minimum atomic E-state index is -0.0639. The Kier molecular flexibility index (Phi) is 4.52. The van der Waals surface area contributed by atoms with E-state index in [1.54, 1.807) is 0 Å². The molecule has 1 fully saturated rings. The van der Waals surface area contributed by atoms with E-state index in [2.05, 4.69) is 12.4 Å². The lowest BCUT2D eigenvalue weighted by atomic mass is 10.1. The van der Waals surface area contributed by atoms with Crippen molar-refractivity contribution in [2.24, 2.45) is 0 Å². The van der Waals surface area contributed by atoms with E-state index in [1.165, 1.54) is 17.7 Å². The van der Waals surface area contributed by atoms with E-state index in [1.807, 2.05) is 25.1 Å². The van der Waals surface area contributed by atoms with Crippen LogP contribution < -0.4 is 19.7 Å². The molecule has 5 heteroatoms. The van der Waals surface area contributed by atoms with Crippen LogP contribution in [0.3, 0.4) is 0 Å². The SMILES string of the molecule is C[C@H](C(=O)NC1CCCC1)[NH+](C)Cc1ccc2c(c1)OCO2. The standard InChI is InChI=1S/C17H24N2O3/c1-12(17(20)18-14-5-3-4-6-14)19(2)10-13-7-8-15-16(9-13)22-11-21-15/h7-9,12,14H,3-6,10-11H2,1-2H3,(H,18,20)/p+1/t12-/m1/s1. The summed E-state index contributed by atoms with van der Waals surface area (Å²) >= 11 is 0. The zero-order valence-corrected chi connectivity index (χ0v) is 13.4. The van der Waals surface area contributed by atoms with Crippen LogP contribution in [0.4, 0.5) is 0 Å². The molecule has 1 saturated carbocycles. The van der Waals surface area contributed by atoms with E-state index < -0.39 is 0 Å². The fourth-order valence-electron chi connectivity index (χ4n) is 3.15. The number of ether oxygens (including phenoxy) is 2. The Hall–Kier alpha value is -1.75. The summed E-state index contributed by atoms with van der Waals surface area (Å²) in [5.74, 6) is 1.76. The highest BCUT2D eigenvalue weighted by Crippen LogP contribution is 2.32. The molecule has 0 saturated heterocycles. The van der Waals surface area contributed by atoms with Crippen molar-refractivity contribution < 1.29 is 19.2 Å². The van der Waals surface area contributed by atoms with E-state index in [0.29, 0.717) is 12.8 Å². The average Bonchev–Trinajstić information content (AvgIpc) is 3.16. The molecule has 1 aliphatic carbocycles. The molecule has 1 aromatic carbocycles. The van der Waals surface area contributed by atoms with Crippen LogP contribution in [0.2, 0.25) is 0 Å². The lowest BCUT2D eigenvalue weighted by molar-refractivity contribution is -0.908. The van der Waals surface area contributed by atoms with Gasteiger partial charge in [0.05, 0.1) is 7.05 Å². The Balaban J connectivity index is 1.56. The first-order valence-corrected chi connectivity index (χ1v) is 8.14. The summed E-state index contributed by atoms with van der Waals surface area (Å²) in [4.78, 5) is 13.5. The maximum absolute atomic E-state index is 12.3. The maximum Gasteiger partial charge on any atom is 0.278 e. The molecular weight excluding hydrogens is 280 g/mol. The fourth-order valence-corrected chi connectivity index (χ4v) is 3.15. The first-order valence-electron chi connectivity index (χ1n) is 8.14. The van der Waals surface area contributed by atoms with Crippen molar-refractivity contribution in [2.75, 3.05) is 13.8 Å². The molecule has 1 aliphatic heterocycles. The third kappa shape index (κ3) is 3.35. The van der Waals surface area contributed by atoms with Crippen LogP contribution in [-0.2, 0) is 11.3 Å². The summed E-state index contributed by atoms with van der Waals surface area (Å²) in [7, 11) is 2.06. The van der Waals surface area contributed by atoms with Crippen LogP contribution in [-0.4, -0.2) is 31.8 Å². The zero-order valence-electron chi connectivity index (χ0n) is 13.4. The third-order valence-corrected chi connectivity index (χ3v) is 4.75. The van der Waals surface area contributed by atoms with Crippen LogP contribution in [0.15, 0.2) is 18.2 Å². The second-order valence-corrected chi connectivity index (χ2v) is 6.42. The number of amides is 1. The summed E-state index contributed by atoms with van der Waals surface area (Å²) < 4.78 is 10.7. The summed E-state index contributed by atoms with van der Waals surface area (Å²) in [5.41, 5.74) is 1.15. The molecule has 1 amide bonds. The van der Waals surface area contributed by atoms with Crippen molar-refractivity contribution in [3.63, 3.8) is 0 Å². The van der Waals surface area contributed by atoms with Gasteiger partial charge in [0.25, 0.3) is 5.91 Å². The monoisotopic (exact) mass is 305 g/mol. The van der Waals surface area contributed by atoms with Crippen LogP contribution in [0.5, 0.6) is 11.5 Å². The van der Waals surface area contributed by atoms with Crippen LogP contribution in [0, 0.1) is 0 Å². The molecule has 1 unspecified atom stereocenters. The van der Waals surface area contributed by atoms with E-state index in [-0.39, 0.29) is 11.9 Å². The number of carbonyl (C=O) groups is 1. The molecule has 2 atom stereocenters. The van der Waals surface area contributed by atoms with E-state index in [4.69, 9.17) is 9.47 Å². The van der Waals surface area contributed by atoms with Gasteiger partial charge in [0, 0.05) is 11.6 Å². The van der Waals surface area contributed by atoms with Gasteiger partial charge in [-0.05, 0) is 38.0 Å². The molecule has 0 bridgehead atoms. The van der Waals surface area contributed by atoms with Crippen LogP contribution in [0.1, 0.15) is 38.2 Å². The van der Waals surface area contributed by atoms with E-state index in [9.17, 15) is 4.79 Å². The summed E-state index contributed by atoms with van der Waals surface area (Å²) in [5, 5.41) is 3.18. The molecule has 0 radical (unpaired) electrons. The Labute approximate surface area is 131 Å². The molecule has 22 heavy (non-hydrogen) atoms. The predicted octanol–water partition coefficient (Wildman–Crippen LogP) is 0.877. The number of nitrogens with one attached hydrogen (secondary N) is 2. The lowest BCUT2D eigenvalue weighted by Gasteiger charge is -2.23. The number of rotatable bonds is 5. The van der Waals surface area contributed by atoms with Gasteiger partial charge in [0.15, 0.2) is 17.5 Å². The lowest BCUT2D eigenvalue weighted by Crippen LogP contribution is -3.12. The molecule has 2 N–H and O–H groups in total. The average molecular weight is 305 g/mol. The number of benzene rings is 1. The normalized spacial score (nSPS) is 19.9. The molecular formula is C17H25N2O3+. The van der Waals surface area contributed by atoms with Crippen molar-refractivity contribution in [3.05, 3.63) is 23.8 Å². The number of hydrogen-bond acceptors (Lipinski definition) is 3. The smallest absolute Gasteiger partial charge is 0.278 e. The minimum absolute atomic E-state index is 0.0639. The Morgan fingerprint density at radius 1 is 1.32 bits per heavy atom. The molecule has 0 aromatic heterocycles. The molecule has 3 rings (SSSR count). The van der Waals surface area contributed by atoms with Gasteiger partial charge in [-0.2, -0.15) is 0 Å². The summed E-state index contributed by atoms with van der Waals surface area (Å²) in [6, 6.07) is 6.31. The van der Waals surface area contributed by atoms with Crippen molar-refractivity contribution in [1.82, 2.24) is 5.32 Å². The quantitative estimate of drug-likeness (QED) is 0.849.